The van der Waals surface area contributed by atoms with E-state index in [-0.39, 0.29) is 10.6 Å². The fraction of sp³-hybridized carbons (Fsp3) is 0. The van der Waals surface area contributed by atoms with Gasteiger partial charge in [0, 0.05) is 22.2 Å². The number of nitrogens with one attached hydrogen (secondary N) is 1. The van der Waals surface area contributed by atoms with E-state index < -0.39 is 16.4 Å². The molecular weight excluding hydrogens is 310 g/mol. The number of nitro groups is 1. The molecule has 0 amide bonds. The number of nitrogens with zero attached hydrogens (tertiary/aromatic N) is 4. The van der Waals surface area contributed by atoms with Crippen molar-refractivity contribution in [3.63, 3.8) is 0 Å². The maximum absolute atomic E-state index is 11.0. The van der Waals surface area contributed by atoms with E-state index >= 15 is 0 Å². The van der Waals surface area contributed by atoms with Crippen molar-refractivity contribution in [2.24, 2.45) is 0 Å². The first-order valence-corrected chi connectivity index (χ1v) is 6.45. The van der Waals surface area contributed by atoms with Crippen LogP contribution in [0.5, 0.6) is 5.75 Å². The Kier molecular flexibility index (Phi) is 3.43. The Balaban J connectivity index is 2.16. The number of nitro benzene ring substituents is 1. The first kappa shape index (κ1) is 14.0. The SMILES string of the molecule is O=[N+]([O-])c1cc(Cl)cc(-c2cccc(-c3nnn[nH]3)c2)c1O. The summed E-state index contributed by atoms with van der Waals surface area (Å²) < 4.78 is 0. The highest BCUT2D eigenvalue weighted by Crippen LogP contribution is 2.40. The van der Waals surface area contributed by atoms with Gasteiger partial charge in [-0.2, -0.15) is 0 Å². The summed E-state index contributed by atoms with van der Waals surface area (Å²) in [5.74, 6) is 0.000104. The molecule has 1 heterocycles. The zero-order chi connectivity index (χ0) is 15.7. The van der Waals surface area contributed by atoms with Gasteiger partial charge in [0.25, 0.3) is 0 Å². The highest BCUT2D eigenvalue weighted by molar-refractivity contribution is 6.31. The van der Waals surface area contributed by atoms with Crippen molar-refractivity contribution in [3.05, 3.63) is 51.5 Å². The van der Waals surface area contributed by atoms with Crippen LogP contribution in [-0.4, -0.2) is 30.7 Å². The number of hydrogen-bond acceptors (Lipinski definition) is 6. The Morgan fingerprint density at radius 2 is 2.00 bits per heavy atom. The van der Waals surface area contributed by atoms with Crippen LogP contribution in [0, 0.1) is 10.1 Å². The number of aromatic nitrogens is 4. The summed E-state index contributed by atoms with van der Waals surface area (Å²) in [6, 6.07) is 9.44. The number of rotatable bonds is 3. The van der Waals surface area contributed by atoms with E-state index in [4.69, 9.17) is 11.6 Å². The largest absolute Gasteiger partial charge is 0.502 e. The zero-order valence-electron chi connectivity index (χ0n) is 10.9. The summed E-state index contributed by atoms with van der Waals surface area (Å²) in [5.41, 5.74) is 1.03. The van der Waals surface area contributed by atoms with E-state index in [2.05, 4.69) is 20.6 Å². The maximum atomic E-state index is 11.0. The molecule has 0 spiro atoms. The molecule has 110 valence electrons. The predicted molar refractivity (Wildman–Crippen MR) is 78.4 cm³/mol. The zero-order valence-corrected chi connectivity index (χ0v) is 11.7. The van der Waals surface area contributed by atoms with Gasteiger partial charge in [0.1, 0.15) is 0 Å². The van der Waals surface area contributed by atoms with Crippen molar-refractivity contribution in [2.45, 2.75) is 0 Å². The first-order valence-electron chi connectivity index (χ1n) is 6.07. The molecule has 0 unspecified atom stereocenters. The molecule has 2 aromatic carbocycles. The molecule has 8 nitrogen and oxygen atoms in total. The summed E-state index contributed by atoms with van der Waals surface area (Å²) in [6.07, 6.45) is 0. The fourth-order valence-electron chi connectivity index (χ4n) is 2.06. The lowest BCUT2D eigenvalue weighted by Gasteiger charge is -2.07. The van der Waals surface area contributed by atoms with Crippen LogP contribution in [0.15, 0.2) is 36.4 Å². The molecule has 0 aliphatic rings. The number of aromatic hydroxyl groups is 1. The summed E-state index contributed by atoms with van der Waals surface area (Å²) in [7, 11) is 0. The minimum Gasteiger partial charge on any atom is -0.502 e. The number of tetrazole rings is 1. The lowest BCUT2D eigenvalue weighted by atomic mass is 10.0. The number of aromatic amines is 1. The number of phenols is 1. The van der Waals surface area contributed by atoms with Crippen LogP contribution in [0.1, 0.15) is 0 Å². The molecule has 9 heteroatoms. The minimum absolute atomic E-state index is 0.159. The highest BCUT2D eigenvalue weighted by atomic mass is 35.5. The second-order valence-corrected chi connectivity index (χ2v) is 4.85. The molecule has 0 bridgehead atoms. The fourth-order valence-corrected chi connectivity index (χ4v) is 2.27. The molecular formula is C13H8ClN5O3. The van der Waals surface area contributed by atoms with Gasteiger partial charge < -0.3 is 5.11 Å². The van der Waals surface area contributed by atoms with Crippen molar-refractivity contribution in [3.8, 4) is 28.3 Å². The lowest BCUT2D eigenvalue weighted by Crippen LogP contribution is -1.91. The van der Waals surface area contributed by atoms with Crippen LogP contribution in [0.25, 0.3) is 22.5 Å². The summed E-state index contributed by atoms with van der Waals surface area (Å²) >= 11 is 5.90. The highest BCUT2D eigenvalue weighted by Gasteiger charge is 2.20. The monoisotopic (exact) mass is 317 g/mol. The second-order valence-electron chi connectivity index (χ2n) is 4.41. The molecule has 3 aromatic rings. The molecule has 2 N–H and O–H groups in total. The molecule has 0 atom stereocenters. The number of phenolic OH excluding ortho intramolecular Hbond substituents is 1. The van der Waals surface area contributed by atoms with Crippen molar-refractivity contribution >= 4 is 17.3 Å². The van der Waals surface area contributed by atoms with Crippen molar-refractivity contribution in [2.75, 3.05) is 0 Å². The van der Waals surface area contributed by atoms with Crippen LogP contribution < -0.4 is 0 Å². The molecule has 0 aliphatic heterocycles. The normalized spacial score (nSPS) is 10.6. The summed E-state index contributed by atoms with van der Waals surface area (Å²) in [5, 5.41) is 34.6. The molecule has 0 radical (unpaired) electrons. The van der Waals surface area contributed by atoms with Gasteiger partial charge in [-0.15, -0.1) is 5.10 Å². The summed E-state index contributed by atoms with van der Waals surface area (Å²) in [4.78, 5) is 10.3. The number of benzene rings is 2. The van der Waals surface area contributed by atoms with Gasteiger partial charge in [0.2, 0.25) is 5.75 Å². The van der Waals surface area contributed by atoms with Gasteiger partial charge in [-0.25, -0.2) is 5.10 Å². The lowest BCUT2D eigenvalue weighted by molar-refractivity contribution is -0.385. The molecule has 0 aliphatic carbocycles. The molecule has 0 fully saturated rings. The van der Waals surface area contributed by atoms with Crippen LogP contribution in [0.3, 0.4) is 0 Å². The topological polar surface area (TPSA) is 118 Å². The molecule has 3 rings (SSSR count). The average molecular weight is 318 g/mol. The minimum atomic E-state index is -0.686. The third kappa shape index (κ3) is 2.47. The van der Waals surface area contributed by atoms with Crippen molar-refractivity contribution < 1.29 is 10.0 Å². The third-order valence-electron chi connectivity index (χ3n) is 3.04. The van der Waals surface area contributed by atoms with Gasteiger partial charge in [-0.3, -0.25) is 10.1 Å². The Morgan fingerprint density at radius 1 is 1.23 bits per heavy atom. The van der Waals surface area contributed by atoms with Crippen molar-refractivity contribution in [1.82, 2.24) is 20.6 Å². The van der Waals surface area contributed by atoms with Crippen LogP contribution in [-0.2, 0) is 0 Å². The quantitative estimate of drug-likeness (QED) is 0.566. The molecule has 0 saturated heterocycles. The van der Waals surface area contributed by atoms with Crippen LogP contribution in [0.2, 0.25) is 5.02 Å². The molecule has 0 saturated carbocycles. The van der Waals surface area contributed by atoms with Gasteiger partial charge in [0.15, 0.2) is 5.82 Å². The van der Waals surface area contributed by atoms with E-state index in [9.17, 15) is 15.2 Å². The van der Waals surface area contributed by atoms with Crippen molar-refractivity contribution in [1.29, 1.82) is 0 Å². The number of hydrogen-bond donors (Lipinski definition) is 2. The molecule has 22 heavy (non-hydrogen) atoms. The Labute approximate surface area is 128 Å². The standard InChI is InChI=1S/C13H8ClN5O3/c14-9-5-10(12(20)11(6-9)19(21)22)7-2-1-3-8(4-7)13-15-17-18-16-13/h1-6,20H,(H,15,16,17,18). The van der Waals surface area contributed by atoms with Gasteiger partial charge >= 0.3 is 5.69 Å². The number of H-pyrrole nitrogens is 1. The van der Waals surface area contributed by atoms with Gasteiger partial charge in [0.05, 0.1) is 4.92 Å². The summed E-state index contributed by atoms with van der Waals surface area (Å²) in [6.45, 7) is 0. The van der Waals surface area contributed by atoms with E-state index in [1.54, 1.807) is 24.3 Å². The Morgan fingerprint density at radius 3 is 2.68 bits per heavy atom. The van der Waals surface area contributed by atoms with E-state index in [0.717, 1.165) is 6.07 Å². The average Bonchev–Trinajstić information content (AvgIpc) is 3.03. The van der Waals surface area contributed by atoms with E-state index in [0.29, 0.717) is 17.0 Å². The second kappa shape index (κ2) is 5.41. The predicted octanol–water partition coefficient (Wildman–Crippen LogP) is 2.80. The Bertz CT molecular complexity index is 851. The third-order valence-corrected chi connectivity index (χ3v) is 3.26. The smallest absolute Gasteiger partial charge is 0.312 e. The molecule has 1 aromatic heterocycles. The van der Waals surface area contributed by atoms with Gasteiger partial charge in [-0.1, -0.05) is 29.8 Å². The maximum Gasteiger partial charge on any atom is 0.312 e. The van der Waals surface area contributed by atoms with Crippen LogP contribution in [0.4, 0.5) is 5.69 Å². The van der Waals surface area contributed by atoms with Crippen LogP contribution >= 0.6 is 11.6 Å². The number of halogens is 1. The van der Waals surface area contributed by atoms with E-state index in [1.165, 1.54) is 6.07 Å². The first-order chi connectivity index (χ1) is 10.6. The van der Waals surface area contributed by atoms with Gasteiger partial charge in [-0.05, 0) is 28.1 Å². The van der Waals surface area contributed by atoms with E-state index in [1.807, 2.05) is 0 Å². The Hall–Kier alpha value is -3.00.